The molecule has 0 bridgehead atoms. The number of ether oxygens (including phenoxy) is 2. The van der Waals surface area contributed by atoms with Gasteiger partial charge < -0.3 is 19.1 Å². The lowest BCUT2D eigenvalue weighted by atomic mass is 10.00. The quantitative estimate of drug-likeness (QED) is 0.288. The number of methoxy groups -OCH3 is 1. The summed E-state index contributed by atoms with van der Waals surface area (Å²) < 4.78 is 17.0. The van der Waals surface area contributed by atoms with Crippen molar-refractivity contribution in [1.82, 2.24) is 10.5 Å². The molecule has 8 heteroatoms. The molecule has 2 amide bonds. The van der Waals surface area contributed by atoms with Gasteiger partial charge in [-0.3, -0.25) is 10.1 Å². The van der Waals surface area contributed by atoms with Crippen LogP contribution in [0.25, 0.3) is 22.2 Å². The van der Waals surface area contributed by atoms with Crippen molar-refractivity contribution < 1.29 is 28.7 Å². The van der Waals surface area contributed by atoms with Gasteiger partial charge in [0, 0.05) is 22.9 Å². The summed E-state index contributed by atoms with van der Waals surface area (Å²) in [7, 11) is 1.61. The summed E-state index contributed by atoms with van der Waals surface area (Å²) in [6.45, 7) is 3.80. The Bertz CT molecular complexity index is 1390. The molecule has 0 saturated heterocycles. The lowest BCUT2D eigenvalue weighted by molar-refractivity contribution is -0.123. The Morgan fingerprint density at radius 2 is 1.92 bits per heavy atom. The van der Waals surface area contributed by atoms with Crippen LogP contribution in [0.15, 0.2) is 65.2 Å². The van der Waals surface area contributed by atoms with Crippen LogP contribution in [-0.4, -0.2) is 29.4 Å². The van der Waals surface area contributed by atoms with Gasteiger partial charge in [-0.25, -0.2) is 4.79 Å². The second kappa shape index (κ2) is 10.9. The maximum Gasteiger partial charge on any atom is 0.411 e. The SMILES string of the molecule is CCCc1cc(-c2noc3cc(OC)ccc23)ccc1Oc1cccc(CC(C)C(=O)NC(=O)O)c1. The van der Waals surface area contributed by atoms with Gasteiger partial charge in [-0.15, -0.1) is 0 Å². The number of hydrogen-bond acceptors (Lipinski definition) is 6. The maximum atomic E-state index is 12.0. The molecule has 0 aliphatic heterocycles. The highest BCUT2D eigenvalue weighted by Crippen LogP contribution is 2.35. The Kier molecular flexibility index (Phi) is 7.53. The van der Waals surface area contributed by atoms with Crippen LogP contribution in [0, 0.1) is 5.92 Å². The smallest absolute Gasteiger partial charge is 0.411 e. The van der Waals surface area contributed by atoms with Crippen molar-refractivity contribution in [3.05, 3.63) is 71.8 Å². The third kappa shape index (κ3) is 5.66. The molecule has 0 aliphatic rings. The van der Waals surface area contributed by atoms with E-state index in [1.165, 1.54) is 0 Å². The first-order chi connectivity index (χ1) is 17.4. The van der Waals surface area contributed by atoms with Crippen molar-refractivity contribution in [1.29, 1.82) is 0 Å². The number of hydrogen-bond donors (Lipinski definition) is 2. The second-order valence-corrected chi connectivity index (χ2v) is 8.61. The summed E-state index contributed by atoms with van der Waals surface area (Å²) in [4.78, 5) is 22.7. The van der Waals surface area contributed by atoms with Crippen LogP contribution >= 0.6 is 0 Å². The Morgan fingerprint density at radius 1 is 1.08 bits per heavy atom. The Balaban J connectivity index is 1.57. The zero-order valence-electron chi connectivity index (χ0n) is 20.4. The molecular formula is C28H28N2O6. The van der Waals surface area contributed by atoms with E-state index in [4.69, 9.17) is 19.1 Å². The third-order valence-electron chi connectivity index (χ3n) is 5.88. The lowest BCUT2D eigenvalue weighted by Crippen LogP contribution is -2.34. The fourth-order valence-electron chi connectivity index (χ4n) is 4.08. The summed E-state index contributed by atoms with van der Waals surface area (Å²) in [5.74, 6) is 1.06. The van der Waals surface area contributed by atoms with E-state index in [-0.39, 0.29) is 0 Å². The Hall–Kier alpha value is -4.33. The van der Waals surface area contributed by atoms with Gasteiger partial charge >= 0.3 is 6.09 Å². The van der Waals surface area contributed by atoms with Crippen LogP contribution < -0.4 is 14.8 Å². The Morgan fingerprint density at radius 3 is 2.67 bits per heavy atom. The van der Waals surface area contributed by atoms with Crippen molar-refractivity contribution in [3.8, 4) is 28.5 Å². The average molecular weight is 489 g/mol. The molecule has 3 aromatic carbocycles. The largest absolute Gasteiger partial charge is 0.497 e. The molecule has 1 unspecified atom stereocenters. The fraction of sp³-hybridized carbons (Fsp3) is 0.250. The van der Waals surface area contributed by atoms with Crippen molar-refractivity contribution in [3.63, 3.8) is 0 Å². The zero-order chi connectivity index (χ0) is 25.7. The predicted octanol–water partition coefficient (Wildman–Crippen LogP) is 6.22. The summed E-state index contributed by atoms with van der Waals surface area (Å²) >= 11 is 0. The van der Waals surface area contributed by atoms with Gasteiger partial charge in [0.2, 0.25) is 5.91 Å². The number of amides is 2. The van der Waals surface area contributed by atoms with Crippen molar-refractivity contribution in [2.24, 2.45) is 5.92 Å². The molecular weight excluding hydrogens is 460 g/mol. The molecule has 0 aliphatic carbocycles. The molecule has 1 heterocycles. The van der Waals surface area contributed by atoms with Gasteiger partial charge in [0.25, 0.3) is 0 Å². The zero-order valence-corrected chi connectivity index (χ0v) is 20.4. The molecule has 4 aromatic rings. The number of nitrogens with one attached hydrogen (secondary N) is 1. The number of aromatic nitrogens is 1. The molecule has 36 heavy (non-hydrogen) atoms. The number of rotatable bonds is 9. The van der Waals surface area contributed by atoms with Crippen molar-refractivity contribution in [2.45, 2.75) is 33.1 Å². The number of carbonyl (C=O) groups excluding carboxylic acids is 1. The minimum absolute atomic E-state index is 0.390. The molecule has 1 aromatic heterocycles. The van der Waals surface area contributed by atoms with E-state index < -0.39 is 17.9 Å². The van der Waals surface area contributed by atoms with E-state index in [1.807, 2.05) is 59.9 Å². The highest BCUT2D eigenvalue weighted by atomic mass is 16.5. The molecule has 186 valence electrons. The van der Waals surface area contributed by atoms with E-state index >= 15 is 0 Å². The number of nitrogens with zero attached hydrogens (tertiary/aromatic N) is 1. The van der Waals surface area contributed by atoms with E-state index in [1.54, 1.807) is 14.0 Å². The number of carbonyl (C=O) groups is 2. The van der Waals surface area contributed by atoms with Gasteiger partial charge in [-0.05, 0) is 66.4 Å². The maximum absolute atomic E-state index is 12.0. The number of imide groups is 1. The Labute approximate surface area is 208 Å². The van der Waals surface area contributed by atoms with Crippen LogP contribution in [0.4, 0.5) is 4.79 Å². The molecule has 0 radical (unpaired) electrons. The van der Waals surface area contributed by atoms with Gasteiger partial charge in [0.15, 0.2) is 5.58 Å². The molecule has 8 nitrogen and oxygen atoms in total. The highest BCUT2D eigenvalue weighted by molar-refractivity contribution is 5.93. The van der Waals surface area contributed by atoms with Crippen molar-refractivity contribution in [2.75, 3.05) is 7.11 Å². The average Bonchev–Trinajstić information content (AvgIpc) is 3.28. The fourth-order valence-corrected chi connectivity index (χ4v) is 4.08. The topological polar surface area (TPSA) is 111 Å². The molecule has 0 spiro atoms. The molecule has 0 saturated carbocycles. The number of benzene rings is 3. The molecule has 2 N–H and O–H groups in total. The normalized spacial score (nSPS) is 11.8. The van der Waals surface area contributed by atoms with Crippen LogP contribution in [0.3, 0.4) is 0 Å². The molecule has 0 fully saturated rings. The first-order valence-corrected chi connectivity index (χ1v) is 11.7. The molecule has 1 atom stereocenters. The standard InChI is InChI=1S/C28H28N2O6/c1-4-6-19-15-20(26-23-11-10-21(34-3)16-25(23)36-30-26)9-12-24(19)35-22-8-5-7-18(14-22)13-17(2)27(31)29-28(32)33/h5,7-12,14-17H,4,6,13H2,1-3H3,(H,29,31)(H,32,33). The summed E-state index contributed by atoms with van der Waals surface area (Å²) in [5, 5.41) is 15.9. The highest BCUT2D eigenvalue weighted by Gasteiger charge is 2.17. The minimum Gasteiger partial charge on any atom is -0.497 e. The van der Waals surface area contributed by atoms with Crippen LogP contribution in [-0.2, 0) is 17.6 Å². The predicted molar refractivity (Wildman–Crippen MR) is 136 cm³/mol. The number of aryl methyl sites for hydroxylation is 1. The first-order valence-electron chi connectivity index (χ1n) is 11.7. The van der Waals surface area contributed by atoms with E-state index in [2.05, 4.69) is 18.1 Å². The van der Waals surface area contributed by atoms with Crippen LogP contribution in [0.5, 0.6) is 17.2 Å². The lowest BCUT2D eigenvalue weighted by Gasteiger charge is -2.14. The van der Waals surface area contributed by atoms with Gasteiger partial charge in [-0.1, -0.05) is 37.6 Å². The summed E-state index contributed by atoms with van der Waals surface area (Å²) in [6.07, 6.45) is 0.793. The third-order valence-corrected chi connectivity index (χ3v) is 5.88. The van der Waals surface area contributed by atoms with Crippen LogP contribution in [0.1, 0.15) is 31.4 Å². The summed E-state index contributed by atoms with van der Waals surface area (Å²) in [5.41, 5.74) is 4.26. The minimum atomic E-state index is -1.35. The summed E-state index contributed by atoms with van der Waals surface area (Å²) in [6, 6.07) is 19.1. The van der Waals surface area contributed by atoms with Gasteiger partial charge in [0.1, 0.15) is 22.9 Å². The van der Waals surface area contributed by atoms with Crippen molar-refractivity contribution >= 4 is 23.0 Å². The number of fused-ring (bicyclic) bond motifs is 1. The van der Waals surface area contributed by atoms with E-state index in [9.17, 15) is 9.59 Å². The van der Waals surface area contributed by atoms with E-state index in [0.717, 1.165) is 46.4 Å². The monoisotopic (exact) mass is 488 g/mol. The second-order valence-electron chi connectivity index (χ2n) is 8.61. The van der Waals surface area contributed by atoms with Gasteiger partial charge in [-0.2, -0.15) is 0 Å². The van der Waals surface area contributed by atoms with Crippen LogP contribution in [0.2, 0.25) is 0 Å². The number of carboxylic acid groups (broad SMARTS) is 1. The van der Waals surface area contributed by atoms with E-state index in [0.29, 0.717) is 23.5 Å². The van der Waals surface area contributed by atoms with Gasteiger partial charge in [0.05, 0.1) is 7.11 Å². The first kappa shape index (κ1) is 24.8. The molecule has 4 rings (SSSR count).